The van der Waals surface area contributed by atoms with E-state index in [1.165, 1.54) is 11.1 Å². The highest BCUT2D eigenvalue weighted by molar-refractivity contribution is 8.93. The van der Waals surface area contributed by atoms with Gasteiger partial charge in [-0.3, -0.25) is 9.80 Å². The number of hydrogen-bond donors (Lipinski definition) is 1. The van der Waals surface area contributed by atoms with Crippen LogP contribution in [0.4, 0.5) is 0 Å². The minimum atomic E-state index is -0.923. The molecule has 0 spiro atoms. The molecule has 7 heteroatoms. The van der Waals surface area contributed by atoms with Gasteiger partial charge in [-0.15, -0.1) is 17.0 Å². The molecular weight excluding hydrogens is 444 g/mol. The lowest BCUT2D eigenvalue weighted by molar-refractivity contribution is -0.142. The summed E-state index contributed by atoms with van der Waals surface area (Å²) < 4.78 is 5.15. The molecular formula is C21H26BrClN2O3. The quantitative estimate of drug-likeness (QED) is 0.597. The Labute approximate surface area is 181 Å². The smallest absolute Gasteiger partial charge is 0.329 e. The van der Waals surface area contributed by atoms with Crippen molar-refractivity contribution in [1.29, 1.82) is 0 Å². The molecule has 1 atom stereocenters. The van der Waals surface area contributed by atoms with E-state index >= 15 is 0 Å². The second kappa shape index (κ2) is 11.5. The molecule has 1 saturated heterocycles. The molecule has 1 N–H and O–H groups in total. The number of ether oxygens (including phenoxy) is 1. The number of halogens is 2. The average Bonchev–Trinajstić information content (AvgIpc) is 2.69. The zero-order valence-electron chi connectivity index (χ0n) is 15.7. The summed E-state index contributed by atoms with van der Waals surface area (Å²) in [7, 11) is 0. The van der Waals surface area contributed by atoms with Gasteiger partial charge < -0.3 is 9.84 Å². The summed E-state index contributed by atoms with van der Waals surface area (Å²) in [5.41, 5.74) is 2.52. The highest BCUT2D eigenvalue weighted by Gasteiger charge is 2.26. The van der Waals surface area contributed by atoms with Crippen molar-refractivity contribution in [2.45, 2.75) is 6.04 Å². The number of piperazine rings is 1. The zero-order chi connectivity index (χ0) is 19.1. The van der Waals surface area contributed by atoms with Crippen molar-refractivity contribution < 1.29 is 14.6 Å². The van der Waals surface area contributed by atoms with Gasteiger partial charge in [0.25, 0.3) is 0 Å². The molecule has 28 heavy (non-hydrogen) atoms. The Morgan fingerprint density at radius 2 is 1.61 bits per heavy atom. The van der Waals surface area contributed by atoms with Crippen LogP contribution in [0.5, 0.6) is 0 Å². The van der Waals surface area contributed by atoms with Crippen molar-refractivity contribution in [3.05, 3.63) is 70.7 Å². The predicted molar refractivity (Wildman–Crippen MR) is 117 cm³/mol. The number of benzene rings is 2. The first-order valence-corrected chi connectivity index (χ1v) is 9.57. The zero-order valence-corrected chi connectivity index (χ0v) is 18.1. The summed E-state index contributed by atoms with van der Waals surface area (Å²) in [6.45, 7) is 4.75. The molecule has 152 valence electrons. The fraction of sp³-hybridized carbons (Fsp3) is 0.381. The second-order valence-electron chi connectivity index (χ2n) is 6.69. The van der Waals surface area contributed by atoms with E-state index in [9.17, 15) is 4.79 Å². The lowest BCUT2D eigenvalue weighted by Gasteiger charge is -2.39. The number of carbonyl (C=O) groups is 1. The van der Waals surface area contributed by atoms with Gasteiger partial charge in [0.05, 0.1) is 12.6 Å². The van der Waals surface area contributed by atoms with Crippen molar-refractivity contribution in [3.8, 4) is 0 Å². The first kappa shape index (κ1) is 22.8. The molecule has 1 fully saturated rings. The Balaban J connectivity index is 0.00000280. The Bertz CT molecular complexity index is 722. The van der Waals surface area contributed by atoms with E-state index in [4.69, 9.17) is 21.4 Å². The van der Waals surface area contributed by atoms with Gasteiger partial charge >= 0.3 is 5.97 Å². The minimum absolute atomic E-state index is 0. The van der Waals surface area contributed by atoms with Crippen LogP contribution in [0.1, 0.15) is 17.2 Å². The molecule has 5 nitrogen and oxygen atoms in total. The Hall–Kier alpha value is -1.44. The number of nitrogens with zero attached hydrogens (tertiary/aromatic N) is 2. The average molecular weight is 470 g/mol. The number of rotatable bonds is 8. The van der Waals surface area contributed by atoms with E-state index in [2.05, 4.69) is 46.2 Å². The number of hydrogen-bond acceptors (Lipinski definition) is 4. The van der Waals surface area contributed by atoms with Crippen LogP contribution in [0.25, 0.3) is 0 Å². The van der Waals surface area contributed by atoms with Crippen LogP contribution in [0.15, 0.2) is 54.6 Å². The van der Waals surface area contributed by atoms with E-state index in [-0.39, 0.29) is 29.6 Å². The van der Waals surface area contributed by atoms with Crippen molar-refractivity contribution in [3.63, 3.8) is 0 Å². The second-order valence-corrected chi connectivity index (χ2v) is 7.13. The molecule has 0 bridgehead atoms. The van der Waals surface area contributed by atoms with Crippen LogP contribution in [0.3, 0.4) is 0 Å². The molecule has 0 saturated carbocycles. The summed E-state index contributed by atoms with van der Waals surface area (Å²) in [5, 5.41) is 9.37. The third-order valence-electron chi connectivity index (χ3n) is 4.85. The maximum atomic E-state index is 10.5. The summed E-state index contributed by atoms with van der Waals surface area (Å²) >= 11 is 6.08. The van der Waals surface area contributed by atoms with Crippen LogP contribution in [0.2, 0.25) is 5.02 Å². The first-order chi connectivity index (χ1) is 13.1. The van der Waals surface area contributed by atoms with Gasteiger partial charge in [-0.05, 0) is 23.3 Å². The van der Waals surface area contributed by atoms with Crippen molar-refractivity contribution >= 4 is 34.6 Å². The predicted octanol–water partition coefficient (Wildman–Crippen LogP) is 3.73. The standard InChI is InChI=1S/C21H25ClN2O3.BrH/c22-19-8-6-18(7-9-19)21(17-4-2-1-3-5-17)24-12-10-23(11-13-24)14-15-27-16-20(25)26;/h1-9,21H,10-16H2,(H,25,26);1H. The van der Waals surface area contributed by atoms with Crippen LogP contribution in [0, 0.1) is 0 Å². The minimum Gasteiger partial charge on any atom is -0.480 e. The van der Waals surface area contributed by atoms with Crippen molar-refractivity contribution in [1.82, 2.24) is 9.80 Å². The molecule has 2 aromatic carbocycles. The summed E-state index contributed by atoms with van der Waals surface area (Å²) in [6, 6.07) is 18.8. The van der Waals surface area contributed by atoms with Gasteiger partial charge in [0.15, 0.2) is 0 Å². The lowest BCUT2D eigenvalue weighted by atomic mass is 9.96. The SMILES string of the molecule is Br.O=C(O)COCCN1CCN(C(c2ccccc2)c2ccc(Cl)cc2)CC1. The molecule has 1 unspecified atom stereocenters. The monoisotopic (exact) mass is 468 g/mol. The Morgan fingerprint density at radius 3 is 2.21 bits per heavy atom. The molecule has 0 aliphatic carbocycles. The molecule has 3 rings (SSSR count). The Morgan fingerprint density at radius 1 is 1.00 bits per heavy atom. The number of carboxylic acid groups (broad SMARTS) is 1. The van der Waals surface area contributed by atoms with Crippen LogP contribution in [-0.2, 0) is 9.53 Å². The highest BCUT2D eigenvalue weighted by Crippen LogP contribution is 2.30. The van der Waals surface area contributed by atoms with E-state index < -0.39 is 5.97 Å². The highest BCUT2D eigenvalue weighted by atomic mass is 79.9. The molecule has 2 aromatic rings. The van der Waals surface area contributed by atoms with Gasteiger partial charge in [-0.25, -0.2) is 4.79 Å². The fourth-order valence-corrected chi connectivity index (χ4v) is 3.62. The van der Waals surface area contributed by atoms with Crippen LogP contribution >= 0.6 is 28.6 Å². The van der Waals surface area contributed by atoms with E-state index in [0.29, 0.717) is 6.61 Å². The van der Waals surface area contributed by atoms with E-state index in [1.54, 1.807) is 0 Å². The lowest BCUT2D eigenvalue weighted by Crippen LogP contribution is -2.48. The van der Waals surface area contributed by atoms with Crippen LogP contribution < -0.4 is 0 Å². The summed E-state index contributed by atoms with van der Waals surface area (Å²) in [6.07, 6.45) is 0. The molecule has 1 aliphatic rings. The van der Waals surface area contributed by atoms with Crippen LogP contribution in [-0.4, -0.2) is 66.8 Å². The number of aliphatic carboxylic acids is 1. The van der Waals surface area contributed by atoms with Gasteiger partial charge in [0.1, 0.15) is 6.61 Å². The third-order valence-corrected chi connectivity index (χ3v) is 5.10. The molecule has 1 aliphatic heterocycles. The summed E-state index contributed by atoms with van der Waals surface area (Å²) in [4.78, 5) is 15.3. The first-order valence-electron chi connectivity index (χ1n) is 9.20. The molecule has 0 aromatic heterocycles. The molecule has 0 radical (unpaired) electrons. The topological polar surface area (TPSA) is 53.0 Å². The van der Waals surface area contributed by atoms with Crippen molar-refractivity contribution in [2.24, 2.45) is 0 Å². The van der Waals surface area contributed by atoms with Gasteiger partial charge in [0, 0.05) is 37.7 Å². The number of carboxylic acids is 1. The maximum absolute atomic E-state index is 10.5. The van der Waals surface area contributed by atoms with E-state index in [1.807, 2.05) is 18.2 Å². The maximum Gasteiger partial charge on any atom is 0.329 e. The van der Waals surface area contributed by atoms with E-state index in [0.717, 1.165) is 37.7 Å². The van der Waals surface area contributed by atoms with Gasteiger partial charge in [-0.2, -0.15) is 0 Å². The van der Waals surface area contributed by atoms with Crippen molar-refractivity contribution in [2.75, 3.05) is 45.9 Å². The third kappa shape index (κ3) is 6.57. The van der Waals surface area contributed by atoms with Gasteiger partial charge in [0.2, 0.25) is 0 Å². The molecule has 0 amide bonds. The molecule has 1 heterocycles. The normalized spacial score (nSPS) is 16.3. The summed E-state index contributed by atoms with van der Waals surface area (Å²) in [5.74, 6) is -0.923. The largest absolute Gasteiger partial charge is 0.480 e. The van der Waals surface area contributed by atoms with Gasteiger partial charge in [-0.1, -0.05) is 54.1 Å². The fourth-order valence-electron chi connectivity index (χ4n) is 3.49. The Kier molecular flexibility index (Phi) is 9.41.